The van der Waals surface area contributed by atoms with Gasteiger partial charge in [0.2, 0.25) is 0 Å². The fraction of sp³-hybridized carbons (Fsp3) is 0. The summed E-state index contributed by atoms with van der Waals surface area (Å²) in [5.41, 5.74) is 0.294. The molecule has 0 aliphatic heterocycles. The molecule has 3 rings (SSSR count). The summed E-state index contributed by atoms with van der Waals surface area (Å²) in [6.45, 7) is 0. The van der Waals surface area contributed by atoms with E-state index in [-0.39, 0.29) is 16.9 Å². The summed E-state index contributed by atoms with van der Waals surface area (Å²) in [7, 11) is 0. The van der Waals surface area contributed by atoms with Crippen LogP contribution in [0.2, 0.25) is 0 Å². The molecule has 0 saturated heterocycles. The largest absolute Gasteiger partial charge is 0.465 e. The quantitative estimate of drug-likeness (QED) is 0.387. The summed E-state index contributed by atoms with van der Waals surface area (Å²) in [5.74, 6) is -0.872. The highest BCUT2D eigenvalue weighted by Gasteiger charge is 2.17. The van der Waals surface area contributed by atoms with Gasteiger partial charge in [-0.25, -0.2) is 0 Å². The van der Waals surface area contributed by atoms with Gasteiger partial charge in [0.15, 0.2) is 0 Å². The highest BCUT2D eigenvalue weighted by molar-refractivity contribution is 6.10. The van der Waals surface area contributed by atoms with E-state index in [4.69, 9.17) is 4.42 Å². The number of rotatable bonds is 6. The lowest BCUT2D eigenvalue weighted by atomic mass is 10.2. The fourth-order valence-corrected chi connectivity index (χ4v) is 2.35. The summed E-state index contributed by atoms with van der Waals surface area (Å²) in [4.78, 5) is 35.5. The maximum Gasteiger partial charge on any atom is 0.272 e. The number of nitro benzene ring substituents is 1. The molecule has 0 spiro atoms. The minimum Gasteiger partial charge on any atom is -0.465 e. The molecule has 0 bridgehead atoms. The number of para-hydroxylation sites is 1. The van der Waals surface area contributed by atoms with Gasteiger partial charge in [-0.1, -0.05) is 24.3 Å². The van der Waals surface area contributed by atoms with Crippen LogP contribution in [0, 0.1) is 10.1 Å². The Balaban J connectivity index is 1.85. The molecule has 2 N–H and O–H groups in total. The number of carbonyl (C=O) groups is 2. The van der Waals surface area contributed by atoms with Crippen LogP contribution in [0.15, 0.2) is 83.1 Å². The Kier molecular flexibility index (Phi) is 5.61. The summed E-state index contributed by atoms with van der Waals surface area (Å²) >= 11 is 0. The smallest absolute Gasteiger partial charge is 0.272 e. The van der Waals surface area contributed by atoms with Crippen LogP contribution in [0.3, 0.4) is 0 Å². The lowest BCUT2D eigenvalue weighted by molar-refractivity contribution is -0.384. The van der Waals surface area contributed by atoms with Gasteiger partial charge >= 0.3 is 0 Å². The summed E-state index contributed by atoms with van der Waals surface area (Å²) in [6, 6.07) is 17.2. The number of nitrogens with one attached hydrogen (secondary N) is 2. The van der Waals surface area contributed by atoms with E-state index in [0.717, 1.165) is 6.07 Å². The zero-order chi connectivity index (χ0) is 19.9. The zero-order valence-corrected chi connectivity index (χ0v) is 14.5. The van der Waals surface area contributed by atoms with Gasteiger partial charge in [-0.15, -0.1) is 0 Å². The number of amides is 2. The zero-order valence-electron chi connectivity index (χ0n) is 14.5. The van der Waals surface area contributed by atoms with Gasteiger partial charge in [0, 0.05) is 29.5 Å². The molecular weight excluding hydrogens is 362 g/mol. The maximum absolute atomic E-state index is 12.6. The molecule has 3 aromatic rings. The molecule has 1 heterocycles. The van der Waals surface area contributed by atoms with Crippen molar-refractivity contribution in [1.82, 2.24) is 5.32 Å². The molecule has 0 fully saturated rings. The van der Waals surface area contributed by atoms with E-state index in [2.05, 4.69) is 10.6 Å². The Morgan fingerprint density at radius 2 is 1.79 bits per heavy atom. The summed E-state index contributed by atoms with van der Waals surface area (Å²) < 4.78 is 5.21. The van der Waals surface area contributed by atoms with Crippen LogP contribution in [0.4, 0.5) is 11.4 Å². The van der Waals surface area contributed by atoms with Crippen molar-refractivity contribution in [3.8, 4) is 0 Å². The van der Waals surface area contributed by atoms with Crippen molar-refractivity contribution < 1.29 is 18.9 Å². The van der Waals surface area contributed by atoms with E-state index in [1.54, 1.807) is 42.5 Å². The normalized spacial score (nSPS) is 10.9. The molecule has 8 nitrogen and oxygen atoms in total. The number of hydrogen-bond donors (Lipinski definition) is 2. The van der Waals surface area contributed by atoms with Crippen LogP contribution < -0.4 is 10.6 Å². The molecular formula is C20H15N3O5. The average molecular weight is 377 g/mol. The van der Waals surface area contributed by atoms with E-state index >= 15 is 0 Å². The van der Waals surface area contributed by atoms with Gasteiger partial charge in [0.05, 0.1) is 11.2 Å². The van der Waals surface area contributed by atoms with Crippen LogP contribution in [0.1, 0.15) is 16.1 Å². The lowest BCUT2D eigenvalue weighted by Crippen LogP contribution is -2.30. The second-order valence-electron chi connectivity index (χ2n) is 5.66. The number of benzene rings is 2. The Labute approximate surface area is 159 Å². The molecule has 8 heteroatoms. The second-order valence-corrected chi connectivity index (χ2v) is 5.66. The standard InChI is InChI=1S/C20H15N3O5/c24-19(14-6-4-9-16(12-14)23(26)27)22-18(13-17-10-5-11-28-17)20(25)21-15-7-2-1-3-8-15/h1-13H,(H,21,25)(H,22,24)/b18-13-. The minimum atomic E-state index is -0.662. The molecule has 0 aliphatic rings. The van der Waals surface area contributed by atoms with Crippen molar-refractivity contribution in [2.24, 2.45) is 0 Å². The van der Waals surface area contributed by atoms with Gasteiger partial charge in [-0.3, -0.25) is 19.7 Å². The lowest BCUT2D eigenvalue weighted by Gasteiger charge is -2.11. The highest BCUT2D eigenvalue weighted by atomic mass is 16.6. The molecule has 140 valence electrons. The first kappa shape index (κ1) is 18.6. The third-order valence-corrected chi connectivity index (χ3v) is 3.67. The number of carbonyl (C=O) groups excluding carboxylic acids is 2. The Bertz CT molecular complexity index is 1030. The van der Waals surface area contributed by atoms with Gasteiger partial charge in [-0.05, 0) is 30.3 Å². The second kappa shape index (κ2) is 8.45. The topological polar surface area (TPSA) is 114 Å². The fourth-order valence-electron chi connectivity index (χ4n) is 2.35. The molecule has 2 amide bonds. The predicted molar refractivity (Wildman–Crippen MR) is 102 cm³/mol. The van der Waals surface area contributed by atoms with Crippen molar-refractivity contribution in [2.75, 3.05) is 5.32 Å². The molecule has 2 aromatic carbocycles. The number of nitrogens with zero attached hydrogens (tertiary/aromatic N) is 1. The van der Waals surface area contributed by atoms with E-state index in [9.17, 15) is 19.7 Å². The van der Waals surface area contributed by atoms with Gasteiger partial charge in [0.1, 0.15) is 11.5 Å². The molecule has 1 aromatic heterocycles. The van der Waals surface area contributed by atoms with Crippen molar-refractivity contribution in [3.05, 3.63) is 100 Å². The maximum atomic E-state index is 12.6. The third kappa shape index (κ3) is 4.70. The van der Waals surface area contributed by atoms with E-state index in [0.29, 0.717) is 11.4 Å². The monoisotopic (exact) mass is 377 g/mol. The third-order valence-electron chi connectivity index (χ3n) is 3.67. The average Bonchev–Trinajstić information content (AvgIpc) is 3.21. The summed E-state index contributed by atoms with van der Waals surface area (Å²) in [5, 5.41) is 16.1. The summed E-state index contributed by atoms with van der Waals surface area (Å²) in [6.07, 6.45) is 2.80. The SMILES string of the molecule is O=C(Nc1ccccc1)/C(=C/c1ccco1)NC(=O)c1cccc([N+](=O)[O-])c1. The number of anilines is 1. The number of hydrogen-bond acceptors (Lipinski definition) is 5. The molecule has 0 aliphatic carbocycles. The molecule has 28 heavy (non-hydrogen) atoms. The Morgan fingerprint density at radius 1 is 1.00 bits per heavy atom. The molecule has 0 saturated carbocycles. The number of nitro groups is 1. The first-order valence-electron chi connectivity index (χ1n) is 8.20. The van der Waals surface area contributed by atoms with Crippen molar-refractivity contribution >= 4 is 29.3 Å². The predicted octanol–water partition coefficient (Wildman–Crippen LogP) is 3.60. The van der Waals surface area contributed by atoms with E-state index < -0.39 is 16.7 Å². The van der Waals surface area contributed by atoms with Crippen LogP contribution in [-0.4, -0.2) is 16.7 Å². The van der Waals surface area contributed by atoms with Crippen LogP contribution in [0.5, 0.6) is 0 Å². The van der Waals surface area contributed by atoms with Gasteiger partial charge in [-0.2, -0.15) is 0 Å². The number of furan rings is 1. The first-order chi connectivity index (χ1) is 13.5. The van der Waals surface area contributed by atoms with Crippen LogP contribution >= 0.6 is 0 Å². The Morgan fingerprint density at radius 3 is 2.46 bits per heavy atom. The minimum absolute atomic E-state index is 0.0482. The van der Waals surface area contributed by atoms with Crippen molar-refractivity contribution in [2.45, 2.75) is 0 Å². The first-order valence-corrected chi connectivity index (χ1v) is 8.20. The molecule has 0 atom stereocenters. The molecule has 0 unspecified atom stereocenters. The number of non-ortho nitro benzene ring substituents is 1. The Hall–Kier alpha value is -4.20. The molecule has 0 radical (unpaired) electrons. The van der Waals surface area contributed by atoms with Gasteiger partial charge in [0.25, 0.3) is 17.5 Å². The van der Waals surface area contributed by atoms with Gasteiger partial charge < -0.3 is 15.1 Å². The van der Waals surface area contributed by atoms with E-state index in [1.165, 1.54) is 30.5 Å². The van der Waals surface area contributed by atoms with Crippen LogP contribution in [0.25, 0.3) is 6.08 Å². The van der Waals surface area contributed by atoms with Crippen LogP contribution in [-0.2, 0) is 4.79 Å². The van der Waals surface area contributed by atoms with Crippen molar-refractivity contribution in [1.29, 1.82) is 0 Å². The van der Waals surface area contributed by atoms with Crippen molar-refractivity contribution in [3.63, 3.8) is 0 Å². The van der Waals surface area contributed by atoms with E-state index in [1.807, 2.05) is 0 Å². The highest BCUT2D eigenvalue weighted by Crippen LogP contribution is 2.15.